The Labute approximate surface area is 90.6 Å². The number of nitrogens with one attached hydrogen (secondary N) is 2. The molecular formula is C10H20N2O3. The molecule has 5 nitrogen and oxygen atoms in total. The van der Waals surface area contributed by atoms with Gasteiger partial charge in [0.2, 0.25) is 11.8 Å². The number of ether oxygens (including phenoxy) is 1. The molecule has 5 heteroatoms. The van der Waals surface area contributed by atoms with Gasteiger partial charge < -0.3 is 15.4 Å². The third-order valence-electron chi connectivity index (χ3n) is 1.64. The fourth-order valence-corrected chi connectivity index (χ4v) is 0.822. The Morgan fingerprint density at radius 3 is 2.13 bits per heavy atom. The molecule has 0 radical (unpaired) electrons. The summed E-state index contributed by atoms with van der Waals surface area (Å²) in [6.45, 7) is 6.49. The second kappa shape index (κ2) is 8.23. The molecule has 0 bridgehead atoms. The Bertz CT molecular complexity index is 205. The molecule has 0 spiro atoms. The zero-order chi connectivity index (χ0) is 11.7. The lowest BCUT2D eigenvalue weighted by atomic mass is 10.4. The first-order chi connectivity index (χ1) is 7.06. The van der Waals surface area contributed by atoms with Gasteiger partial charge in [0.1, 0.15) is 6.61 Å². The van der Waals surface area contributed by atoms with Crippen molar-refractivity contribution in [1.29, 1.82) is 0 Å². The maximum Gasteiger partial charge on any atom is 0.246 e. The van der Waals surface area contributed by atoms with Crippen LogP contribution in [0.3, 0.4) is 0 Å². The Morgan fingerprint density at radius 1 is 1.13 bits per heavy atom. The van der Waals surface area contributed by atoms with Crippen molar-refractivity contribution in [3.63, 3.8) is 0 Å². The summed E-state index contributed by atoms with van der Waals surface area (Å²) in [4.78, 5) is 21.9. The van der Waals surface area contributed by atoms with Crippen molar-refractivity contribution in [2.24, 2.45) is 0 Å². The van der Waals surface area contributed by atoms with Gasteiger partial charge in [0.15, 0.2) is 0 Å². The Balaban J connectivity index is 3.35. The highest BCUT2D eigenvalue weighted by Gasteiger charge is 2.02. The van der Waals surface area contributed by atoms with Crippen LogP contribution in [0.4, 0.5) is 0 Å². The van der Waals surface area contributed by atoms with Crippen molar-refractivity contribution < 1.29 is 14.3 Å². The predicted molar refractivity (Wildman–Crippen MR) is 57.4 cm³/mol. The first kappa shape index (κ1) is 13.9. The van der Waals surface area contributed by atoms with E-state index in [1.165, 1.54) is 0 Å². The van der Waals surface area contributed by atoms with Crippen LogP contribution in [0, 0.1) is 0 Å². The van der Waals surface area contributed by atoms with Crippen LogP contribution in [0.1, 0.15) is 27.2 Å². The molecule has 0 unspecified atom stereocenters. The van der Waals surface area contributed by atoms with Gasteiger partial charge in [-0.3, -0.25) is 9.59 Å². The normalized spacial score (nSPS) is 10.1. The van der Waals surface area contributed by atoms with Gasteiger partial charge in [-0.1, -0.05) is 6.92 Å². The molecule has 0 saturated carbocycles. The molecular weight excluding hydrogens is 196 g/mol. The van der Waals surface area contributed by atoms with E-state index in [0.29, 0.717) is 19.5 Å². The van der Waals surface area contributed by atoms with Crippen molar-refractivity contribution in [2.75, 3.05) is 19.7 Å². The highest BCUT2D eigenvalue weighted by Crippen LogP contribution is 1.85. The molecule has 2 N–H and O–H groups in total. The van der Waals surface area contributed by atoms with Crippen LogP contribution in [-0.2, 0) is 14.3 Å². The first-order valence-electron chi connectivity index (χ1n) is 5.21. The van der Waals surface area contributed by atoms with E-state index in [-0.39, 0.29) is 24.5 Å². The summed E-state index contributed by atoms with van der Waals surface area (Å²) >= 11 is 0. The van der Waals surface area contributed by atoms with Gasteiger partial charge in [0.25, 0.3) is 0 Å². The smallest absolute Gasteiger partial charge is 0.246 e. The highest BCUT2D eigenvalue weighted by atomic mass is 16.5. The molecule has 0 aliphatic rings. The topological polar surface area (TPSA) is 67.4 Å². The summed E-state index contributed by atoms with van der Waals surface area (Å²) in [6, 6.07) is 0. The standard InChI is InChI=1S/C10H20N2O3/c1-4-9(13)11-5-6-12-10(14)7-15-8(2)3/h8H,4-7H2,1-3H3,(H,11,13)(H,12,14). The molecule has 0 aromatic heterocycles. The van der Waals surface area contributed by atoms with Crippen LogP contribution in [0.5, 0.6) is 0 Å². The molecule has 88 valence electrons. The fraction of sp³-hybridized carbons (Fsp3) is 0.800. The molecule has 0 aliphatic carbocycles. The van der Waals surface area contributed by atoms with E-state index < -0.39 is 0 Å². The lowest BCUT2D eigenvalue weighted by molar-refractivity contribution is -0.127. The first-order valence-corrected chi connectivity index (χ1v) is 5.21. The van der Waals surface area contributed by atoms with Gasteiger partial charge in [-0.2, -0.15) is 0 Å². The van der Waals surface area contributed by atoms with Crippen molar-refractivity contribution in [3.8, 4) is 0 Å². The summed E-state index contributed by atoms with van der Waals surface area (Å²) in [5.74, 6) is -0.169. The van der Waals surface area contributed by atoms with Crippen LogP contribution in [0.25, 0.3) is 0 Å². The summed E-state index contributed by atoms with van der Waals surface area (Å²) in [5.41, 5.74) is 0. The quantitative estimate of drug-likeness (QED) is 0.591. The van der Waals surface area contributed by atoms with E-state index in [9.17, 15) is 9.59 Å². The molecule has 0 heterocycles. The van der Waals surface area contributed by atoms with Gasteiger partial charge in [-0.05, 0) is 13.8 Å². The molecule has 2 amide bonds. The van der Waals surface area contributed by atoms with Crippen LogP contribution in [0.15, 0.2) is 0 Å². The van der Waals surface area contributed by atoms with Gasteiger partial charge >= 0.3 is 0 Å². The minimum absolute atomic E-state index is 0.0114. The maximum atomic E-state index is 11.1. The lowest BCUT2D eigenvalue weighted by Gasteiger charge is -2.08. The van der Waals surface area contributed by atoms with E-state index >= 15 is 0 Å². The third-order valence-corrected chi connectivity index (χ3v) is 1.64. The van der Waals surface area contributed by atoms with E-state index in [1.54, 1.807) is 6.92 Å². The van der Waals surface area contributed by atoms with Crippen molar-refractivity contribution in [1.82, 2.24) is 10.6 Å². The molecule has 0 fully saturated rings. The summed E-state index contributed by atoms with van der Waals surface area (Å²) in [5, 5.41) is 5.30. The molecule has 0 aliphatic heterocycles. The summed E-state index contributed by atoms with van der Waals surface area (Å²) in [7, 11) is 0. The maximum absolute atomic E-state index is 11.1. The number of hydrogen-bond donors (Lipinski definition) is 2. The van der Waals surface area contributed by atoms with Crippen molar-refractivity contribution in [3.05, 3.63) is 0 Å². The van der Waals surface area contributed by atoms with E-state index in [0.717, 1.165) is 0 Å². The monoisotopic (exact) mass is 216 g/mol. The van der Waals surface area contributed by atoms with Gasteiger partial charge in [-0.15, -0.1) is 0 Å². The summed E-state index contributed by atoms with van der Waals surface area (Å²) in [6.07, 6.45) is 0.514. The number of amides is 2. The second-order valence-corrected chi connectivity index (χ2v) is 3.41. The average molecular weight is 216 g/mol. The van der Waals surface area contributed by atoms with Crippen LogP contribution >= 0.6 is 0 Å². The predicted octanol–water partition coefficient (Wildman–Crippen LogP) is 0.0538. The number of hydrogen-bond acceptors (Lipinski definition) is 3. The Hall–Kier alpha value is -1.10. The van der Waals surface area contributed by atoms with E-state index in [4.69, 9.17) is 4.74 Å². The molecule has 0 rings (SSSR count). The number of carbonyl (C=O) groups excluding carboxylic acids is 2. The zero-order valence-electron chi connectivity index (χ0n) is 9.63. The molecule has 15 heavy (non-hydrogen) atoms. The van der Waals surface area contributed by atoms with Gasteiger partial charge in [0.05, 0.1) is 6.10 Å². The summed E-state index contributed by atoms with van der Waals surface area (Å²) < 4.78 is 5.10. The minimum atomic E-state index is -0.158. The van der Waals surface area contributed by atoms with Crippen molar-refractivity contribution in [2.45, 2.75) is 33.3 Å². The van der Waals surface area contributed by atoms with Crippen LogP contribution in [-0.4, -0.2) is 37.6 Å². The molecule has 0 aromatic carbocycles. The third kappa shape index (κ3) is 9.21. The van der Waals surface area contributed by atoms with Crippen LogP contribution in [0.2, 0.25) is 0 Å². The second-order valence-electron chi connectivity index (χ2n) is 3.41. The molecule has 0 aromatic rings. The van der Waals surface area contributed by atoms with Gasteiger partial charge in [0, 0.05) is 19.5 Å². The van der Waals surface area contributed by atoms with E-state index in [1.807, 2.05) is 13.8 Å². The lowest BCUT2D eigenvalue weighted by Crippen LogP contribution is -2.36. The highest BCUT2D eigenvalue weighted by molar-refractivity contribution is 5.77. The molecule has 0 atom stereocenters. The van der Waals surface area contributed by atoms with Crippen molar-refractivity contribution >= 4 is 11.8 Å². The van der Waals surface area contributed by atoms with Crippen LogP contribution < -0.4 is 10.6 Å². The number of carbonyl (C=O) groups is 2. The largest absolute Gasteiger partial charge is 0.369 e. The fourth-order valence-electron chi connectivity index (χ4n) is 0.822. The zero-order valence-corrected chi connectivity index (χ0v) is 9.63. The average Bonchev–Trinajstić information content (AvgIpc) is 2.21. The Kier molecular flexibility index (Phi) is 7.62. The van der Waals surface area contributed by atoms with Gasteiger partial charge in [-0.25, -0.2) is 0 Å². The molecule has 0 saturated heterocycles. The Morgan fingerprint density at radius 2 is 1.67 bits per heavy atom. The SMILES string of the molecule is CCC(=O)NCCNC(=O)COC(C)C. The van der Waals surface area contributed by atoms with E-state index in [2.05, 4.69) is 10.6 Å². The number of rotatable bonds is 7. The minimum Gasteiger partial charge on any atom is -0.369 e.